The number of hydrogen-bond acceptors (Lipinski definition) is 7. The molecule has 35 heavy (non-hydrogen) atoms. The third-order valence-corrected chi connectivity index (χ3v) is 8.71. The van der Waals surface area contributed by atoms with E-state index < -0.39 is 10.0 Å². The third-order valence-electron chi connectivity index (χ3n) is 6.20. The molecule has 186 valence electrons. The minimum Gasteiger partial charge on any atom is -0.495 e. The van der Waals surface area contributed by atoms with Crippen molar-refractivity contribution in [1.82, 2.24) is 9.97 Å². The number of pyridine rings is 1. The summed E-state index contributed by atoms with van der Waals surface area (Å²) >= 11 is 1.33. The zero-order valence-electron chi connectivity index (χ0n) is 20.3. The molecule has 1 fully saturated rings. The van der Waals surface area contributed by atoms with E-state index in [4.69, 9.17) is 4.74 Å². The molecular weight excluding hydrogens is 484 g/mol. The molecule has 1 amide bonds. The molecule has 0 radical (unpaired) electrons. The first-order valence-electron chi connectivity index (χ1n) is 11.6. The molecule has 3 aromatic rings. The van der Waals surface area contributed by atoms with Crippen LogP contribution < -0.4 is 14.8 Å². The predicted molar refractivity (Wildman–Crippen MR) is 139 cm³/mol. The summed E-state index contributed by atoms with van der Waals surface area (Å²) in [5.41, 5.74) is 3.37. The number of carbonyl (C=O) groups is 1. The molecule has 0 unspecified atom stereocenters. The highest BCUT2D eigenvalue weighted by Crippen LogP contribution is 2.37. The van der Waals surface area contributed by atoms with Gasteiger partial charge in [-0.1, -0.05) is 24.2 Å². The van der Waals surface area contributed by atoms with Crippen LogP contribution in [0.3, 0.4) is 0 Å². The number of aromatic nitrogens is 2. The van der Waals surface area contributed by atoms with Crippen LogP contribution in [0.2, 0.25) is 0 Å². The largest absolute Gasteiger partial charge is 0.495 e. The van der Waals surface area contributed by atoms with Gasteiger partial charge < -0.3 is 10.1 Å². The number of rotatable bonds is 8. The molecule has 0 spiro atoms. The lowest BCUT2D eigenvalue weighted by atomic mass is 10.0. The molecule has 0 bridgehead atoms. The van der Waals surface area contributed by atoms with E-state index in [-0.39, 0.29) is 16.6 Å². The molecule has 1 saturated carbocycles. The Balaban J connectivity index is 1.60. The van der Waals surface area contributed by atoms with Crippen molar-refractivity contribution >= 4 is 38.1 Å². The number of anilines is 2. The van der Waals surface area contributed by atoms with E-state index in [0.29, 0.717) is 34.4 Å². The van der Waals surface area contributed by atoms with Crippen LogP contribution in [-0.4, -0.2) is 31.4 Å². The zero-order chi connectivity index (χ0) is 25.2. The average Bonchev–Trinajstić information content (AvgIpc) is 3.44. The summed E-state index contributed by atoms with van der Waals surface area (Å²) in [6, 6.07) is 6.81. The Bertz CT molecular complexity index is 1350. The van der Waals surface area contributed by atoms with E-state index in [1.807, 2.05) is 26.8 Å². The van der Waals surface area contributed by atoms with Gasteiger partial charge in [0.1, 0.15) is 10.6 Å². The van der Waals surface area contributed by atoms with Crippen LogP contribution in [0.25, 0.3) is 10.4 Å². The molecular formula is C25H30N4O4S2. The number of nitrogens with one attached hydrogen (secondary N) is 2. The fraction of sp³-hybridized carbons (Fsp3) is 0.400. The van der Waals surface area contributed by atoms with Crippen molar-refractivity contribution in [1.29, 1.82) is 0 Å². The summed E-state index contributed by atoms with van der Waals surface area (Å²) in [7, 11) is -2.53. The Labute approximate surface area is 210 Å². The normalized spacial score (nSPS) is 14.2. The fourth-order valence-corrected chi connectivity index (χ4v) is 6.69. The topological polar surface area (TPSA) is 110 Å². The number of aryl methyl sites for hydroxylation is 3. The molecule has 1 aliphatic carbocycles. The molecule has 2 N–H and O–H groups in total. The van der Waals surface area contributed by atoms with Crippen LogP contribution in [0.1, 0.15) is 49.1 Å². The Morgan fingerprint density at radius 3 is 2.60 bits per heavy atom. The van der Waals surface area contributed by atoms with Gasteiger partial charge in [0.2, 0.25) is 5.91 Å². The van der Waals surface area contributed by atoms with E-state index in [1.165, 1.54) is 37.5 Å². The quantitative estimate of drug-likeness (QED) is 0.413. The third kappa shape index (κ3) is 5.82. The number of nitrogens with zero attached hydrogens (tertiary/aromatic N) is 2. The van der Waals surface area contributed by atoms with E-state index in [0.717, 1.165) is 29.0 Å². The molecule has 4 rings (SSSR count). The lowest BCUT2D eigenvalue weighted by Gasteiger charge is -2.14. The van der Waals surface area contributed by atoms with Gasteiger partial charge in [-0.15, -0.1) is 0 Å². The summed E-state index contributed by atoms with van der Waals surface area (Å²) in [6.07, 6.45) is 6.60. The summed E-state index contributed by atoms with van der Waals surface area (Å²) in [5, 5.41) is 3.43. The molecule has 0 saturated heterocycles. The fourth-order valence-electron chi connectivity index (χ4n) is 4.40. The highest BCUT2D eigenvalue weighted by Gasteiger charge is 2.24. The SMILES string of the molecule is COc1ccc(-c2sc(NC(=O)CC3CCCC3)nc2C)cc1S(=O)(=O)Nc1cnc(C)cc1C. The maximum atomic E-state index is 13.3. The standard InChI is InChI=1S/C25H30N4O4S2/c1-15-11-16(2)26-14-20(15)29-35(31,32)22-13-19(9-10-21(22)33-4)24-17(3)27-25(34-24)28-23(30)12-18-7-5-6-8-18/h9-11,13-14,18,29H,5-8,12H2,1-4H3,(H,27,28,30). The zero-order valence-corrected chi connectivity index (χ0v) is 22.0. The highest BCUT2D eigenvalue weighted by molar-refractivity contribution is 7.92. The van der Waals surface area contributed by atoms with Crippen molar-refractivity contribution in [2.75, 3.05) is 17.1 Å². The number of methoxy groups -OCH3 is 1. The van der Waals surface area contributed by atoms with Crippen molar-refractivity contribution in [3.63, 3.8) is 0 Å². The Morgan fingerprint density at radius 2 is 1.91 bits per heavy atom. The minimum absolute atomic E-state index is 0.0112. The van der Waals surface area contributed by atoms with Crippen LogP contribution in [0.5, 0.6) is 5.75 Å². The molecule has 1 aromatic carbocycles. The van der Waals surface area contributed by atoms with Crippen molar-refractivity contribution in [3.8, 4) is 16.2 Å². The Morgan fingerprint density at radius 1 is 1.17 bits per heavy atom. The number of sulfonamides is 1. The number of benzene rings is 1. The van der Waals surface area contributed by atoms with Gasteiger partial charge in [-0.3, -0.25) is 14.5 Å². The lowest BCUT2D eigenvalue weighted by Crippen LogP contribution is -2.15. The predicted octanol–water partition coefficient (Wildman–Crippen LogP) is 5.46. The van der Waals surface area contributed by atoms with Gasteiger partial charge in [-0.05, 0) is 74.9 Å². The second-order valence-electron chi connectivity index (χ2n) is 8.95. The summed E-state index contributed by atoms with van der Waals surface area (Å²) in [6.45, 7) is 5.51. The molecule has 8 nitrogen and oxygen atoms in total. The molecule has 10 heteroatoms. The van der Waals surface area contributed by atoms with E-state index in [1.54, 1.807) is 18.2 Å². The van der Waals surface area contributed by atoms with Gasteiger partial charge >= 0.3 is 0 Å². The number of carbonyl (C=O) groups excluding carboxylic acids is 1. The average molecular weight is 515 g/mol. The van der Waals surface area contributed by atoms with Crippen molar-refractivity contribution < 1.29 is 17.9 Å². The van der Waals surface area contributed by atoms with E-state index >= 15 is 0 Å². The number of amides is 1. The first kappa shape index (κ1) is 25.1. The number of ether oxygens (including phenoxy) is 1. The maximum Gasteiger partial charge on any atom is 0.265 e. The van der Waals surface area contributed by atoms with E-state index in [2.05, 4.69) is 20.0 Å². The summed E-state index contributed by atoms with van der Waals surface area (Å²) in [4.78, 5) is 22.0. The van der Waals surface area contributed by atoms with Crippen LogP contribution >= 0.6 is 11.3 Å². The van der Waals surface area contributed by atoms with Crippen LogP contribution in [-0.2, 0) is 14.8 Å². The maximum absolute atomic E-state index is 13.3. The lowest BCUT2D eigenvalue weighted by molar-refractivity contribution is -0.117. The van der Waals surface area contributed by atoms with Gasteiger partial charge in [0.15, 0.2) is 5.13 Å². The van der Waals surface area contributed by atoms with Gasteiger partial charge in [0, 0.05) is 12.1 Å². The highest BCUT2D eigenvalue weighted by atomic mass is 32.2. The van der Waals surface area contributed by atoms with Gasteiger partial charge in [-0.2, -0.15) is 0 Å². The minimum atomic E-state index is -3.96. The van der Waals surface area contributed by atoms with Crippen molar-refractivity contribution in [3.05, 3.63) is 47.4 Å². The summed E-state index contributed by atoms with van der Waals surface area (Å²) < 4.78 is 34.6. The van der Waals surface area contributed by atoms with Crippen molar-refractivity contribution in [2.45, 2.75) is 57.8 Å². The smallest absolute Gasteiger partial charge is 0.265 e. The molecule has 0 atom stereocenters. The summed E-state index contributed by atoms with van der Waals surface area (Å²) in [5.74, 6) is 0.650. The number of hydrogen-bond donors (Lipinski definition) is 2. The van der Waals surface area contributed by atoms with Crippen molar-refractivity contribution in [2.24, 2.45) is 5.92 Å². The van der Waals surface area contributed by atoms with Gasteiger partial charge in [-0.25, -0.2) is 13.4 Å². The first-order chi connectivity index (χ1) is 16.7. The molecule has 2 aromatic heterocycles. The molecule has 2 heterocycles. The molecule has 1 aliphatic rings. The van der Waals surface area contributed by atoms with Crippen LogP contribution in [0, 0.1) is 26.7 Å². The van der Waals surface area contributed by atoms with Gasteiger partial charge in [0.25, 0.3) is 10.0 Å². The first-order valence-corrected chi connectivity index (χ1v) is 13.9. The van der Waals surface area contributed by atoms with Crippen LogP contribution in [0.4, 0.5) is 10.8 Å². The molecule has 0 aliphatic heterocycles. The second-order valence-corrected chi connectivity index (χ2v) is 11.6. The van der Waals surface area contributed by atoms with Gasteiger partial charge in [0.05, 0.1) is 29.6 Å². The van der Waals surface area contributed by atoms with E-state index in [9.17, 15) is 13.2 Å². The Kier molecular flexibility index (Phi) is 7.42. The number of thiazole rings is 1. The monoisotopic (exact) mass is 514 g/mol. The van der Waals surface area contributed by atoms with Crippen LogP contribution in [0.15, 0.2) is 35.4 Å². The second kappa shape index (κ2) is 10.3. The Hall–Kier alpha value is -2.98.